The Hall–Kier alpha value is -3.39. The zero-order valence-electron chi connectivity index (χ0n) is 19.1. The van der Waals surface area contributed by atoms with E-state index in [9.17, 15) is 9.59 Å². The van der Waals surface area contributed by atoms with Gasteiger partial charge in [0.15, 0.2) is 5.69 Å². The average molecular weight is 449 g/mol. The number of fused-ring (bicyclic) bond motifs is 1. The largest absolute Gasteiger partial charge is 0.349 e. The second-order valence-corrected chi connectivity index (χ2v) is 8.61. The summed E-state index contributed by atoms with van der Waals surface area (Å²) in [6.45, 7) is 5.56. The minimum Gasteiger partial charge on any atom is -0.349 e. The second kappa shape index (κ2) is 11.0. The van der Waals surface area contributed by atoms with Crippen molar-refractivity contribution in [1.29, 1.82) is 0 Å². The summed E-state index contributed by atoms with van der Waals surface area (Å²) in [5, 5.41) is 16.1. The van der Waals surface area contributed by atoms with Gasteiger partial charge in [-0.3, -0.25) is 14.8 Å². The summed E-state index contributed by atoms with van der Waals surface area (Å²) < 4.78 is 0. The fourth-order valence-electron chi connectivity index (χ4n) is 4.21. The summed E-state index contributed by atoms with van der Waals surface area (Å²) in [7, 11) is 0. The van der Waals surface area contributed by atoms with E-state index < -0.39 is 0 Å². The Balaban J connectivity index is 1.14. The maximum absolute atomic E-state index is 12.3. The highest BCUT2D eigenvalue weighted by atomic mass is 16.2. The summed E-state index contributed by atoms with van der Waals surface area (Å²) in [4.78, 5) is 26.9. The topological polar surface area (TPSA) is 102 Å². The number of para-hydroxylation sites is 1. The zero-order chi connectivity index (χ0) is 23.0. The highest BCUT2D eigenvalue weighted by Gasteiger charge is 2.18. The Kier molecular flexibility index (Phi) is 7.57. The van der Waals surface area contributed by atoms with E-state index in [4.69, 9.17) is 0 Å². The smallest absolute Gasteiger partial charge is 0.315 e. The number of hydrogen-bond donors (Lipinski definition) is 4. The van der Waals surface area contributed by atoms with Gasteiger partial charge in [-0.25, -0.2) is 4.79 Å². The lowest BCUT2D eigenvalue weighted by Crippen LogP contribution is -2.40. The normalized spacial score (nSPS) is 16.5. The molecule has 1 aliphatic heterocycles. The second-order valence-electron chi connectivity index (χ2n) is 8.61. The molecule has 8 heteroatoms. The molecule has 174 valence electrons. The van der Waals surface area contributed by atoms with Crippen LogP contribution in [0.5, 0.6) is 0 Å². The first-order valence-corrected chi connectivity index (χ1v) is 11.6. The summed E-state index contributed by atoms with van der Waals surface area (Å²) in [6.07, 6.45) is 3.89. The number of H-pyrrole nitrogens is 1. The van der Waals surface area contributed by atoms with E-state index in [0.717, 1.165) is 23.0 Å². The first-order valence-electron chi connectivity index (χ1n) is 11.6. The molecular weight excluding hydrogens is 416 g/mol. The number of nitrogens with one attached hydrogen (secondary N) is 4. The van der Waals surface area contributed by atoms with Gasteiger partial charge in [-0.05, 0) is 43.5 Å². The van der Waals surface area contributed by atoms with E-state index in [2.05, 4.69) is 62.2 Å². The molecule has 0 spiro atoms. The number of carbonyl (C=O) groups is 2. The average Bonchev–Trinajstić information content (AvgIpc) is 3.27. The zero-order valence-corrected chi connectivity index (χ0v) is 19.1. The number of piperidine rings is 1. The van der Waals surface area contributed by atoms with Crippen LogP contribution in [0, 0.1) is 0 Å². The Morgan fingerprint density at radius 2 is 1.76 bits per heavy atom. The number of rotatable bonds is 8. The molecule has 1 aromatic heterocycles. The molecule has 33 heavy (non-hydrogen) atoms. The third-order valence-corrected chi connectivity index (χ3v) is 6.18. The van der Waals surface area contributed by atoms with Crippen LogP contribution in [-0.2, 0) is 13.1 Å². The minimum atomic E-state index is -0.270. The Morgan fingerprint density at radius 3 is 2.58 bits per heavy atom. The number of amides is 3. The van der Waals surface area contributed by atoms with Gasteiger partial charge in [-0.15, -0.1) is 0 Å². The lowest BCUT2D eigenvalue weighted by atomic mass is 10.0. The molecule has 3 aromatic rings. The SMILES string of the molecule is CC1CCCCN1Cc1ccc(CNC(=O)NCCNC(=O)c2n[nH]c3ccccc23)cc1. The van der Waals surface area contributed by atoms with Crippen LogP contribution in [0.2, 0.25) is 0 Å². The van der Waals surface area contributed by atoms with Crippen molar-refractivity contribution in [3.8, 4) is 0 Å². The van der Waals surface area contributed by atoms with E-state index in [1.807, 2.05) is 24.3 Å². The van der Waals surface area contributed by atoms with Crippen LogP contribution in [-0.4, -0.2) is 52.7 Å². The van der Waals surface area contributed by atoms with Crippen molar-refractivity contribution in [2.24, 2.45) is 0 Å². The van der Waals surface area contributed by atoms with Crippen molar-refractivity contribution >= 4 is 22.8 Å². The van der Waals surface area contributed by atoms with Crippen molar-refractivity contribution in [2.75, 3.05) is 19.6 Å². The van der Waals surface area contributed by atoms with Crippen molar-refractivity contribution in [1.82, 2.24) is 31.0 Å². The molecular formula is C25H32N6O2. The van der Waals surface area contributed by atoms with Crippen LogP contribution in [0.15, 0.2) is 48.5 Å². The van der Waals surface area contributed by atoms with Crippen LogP contribution >= 0.6 is 0 Å². The van der Waals surface area contributed by atoms with Gasteiger partial charge < -0.3 is 16.0 Å². The number of likely N-dealkylation sites (tertiary alicyclic amines) is 1. The minimum absolute atomic E-state index is 0.263. The fraction of sp³-hybridized carbons (Fsp3) is 0.400. The molecule has 1 unspecified atom stereocenters. The van der Waals surface area contributed by atoms with Gasteiger partial charge in [-0.2, -0.15) is 5.10 Å². The molecule has 8 nitrogen and oxygen atoms in total. The maximum Gasteiger partial charge on any atom is 0.315 e. The van der Waals surface area contributed by atoms with E-state index in [1.165, 1.54) is 31.4 Å². The number of aromatic amines is 1. The molecule has 0 radical (unpaired) electrons. The van der Waals surface area contributed by atoms with Crippen LogP contribution in [0.25, 0.3) is 10.9 Å². The highest BCUT2D eigenvalue weighted by molar-refractivity contribution is 6.04. The Morgan fingerprint density at radius 1 is 1.00 bits per heavy atom. The number of benzene rings is 2. The van der Waals surface area contributed by atoms with E-state index in [-0.39, 0.29) is 11.9 Å². The van der Waals surface area contributed by atoms with Crippen molar-refractivity contribution in [3.63, 3.8) is 0 Å². The molecule has 4 rings (SSSR count). The van der Waals surface area contributed by atoms with Crippen LogP contribution in [0.1, 0.15) is 47.8 Å². The lowest BCUT2D eigenvalue weighted by molar-refractivity contribution is 0.0950. The summed E-state index contributed by atoms with van der Waals surface area (Å²) in [5.41, 5.74) is 3.53. The van der Waals surface area contributed by atoms with Crippen LogP contribution in [0.3, 0.4) is 0 Å². The van der Waals surface area contributed by atoms with E-state index in [0.29, 0.717) is 31.4 Å². The van der Waals surface area contributed by atoms with Gasteiger partial charge in [0.1, 0.15) is 0 Å². The molecule has 4 N–H and O–H groups in total. The van der Waals surface area contributed by atoms with Crippen LogP contribution in [0.4, 0.5) is 4.79 Å². The number of carbonyl (C=O) groups excluding carboxylic acids is 2. The molecule has 2 heterocycles. The third-order valence-electron chi connectivity index (χ3n) is 6.18. The highest BCUT2D eigenvalue weighted by Crippen LogP contribution is 2.19. The first kappa shape index (κ1) is 22.8. The molecule has 1 atom stereocenters. The van der Waals surface area contributed by atoms with Crippen molar-refractivity contribution < 1.29 is 9.59 Å². The fourth-order valence-corrected chi connectivity index (χ4v) is 4.21. The molecule has 1 aliphatic rings. The monoisotopic (exact) mass is 448 g/mol. The molecule has 1 fully saturated rings. The van der Waals surface area contributed by atoms with E-state index in [1.54, 1.807) is 0 Å². The van der Waals surface area contributed by atoms with Crippen molar-refractivity contribution in [3.05, 3.63) is 65.4 Å². The first-order chi connectivity index (χ1) is 16.1. The van der Waals surface area contributed by atoms with Crippen molar-refractivity contribution in [2.45, 2.75) is 45.3 Å². The van der Waals surface area contributed by atoms with Gasteiger partial charge in [0.05, 0.1) is 5.52 Å². The lowest BCUT2D eigenvalue weighted by Gasteiger charge is -2.33. The van der Waals surface area contributed by atoms with Gasteiger partial charge in [-0.1, -0.05) is 48.9 Å². The van der Waals surface area contributed by atoms with E-state index >= 15 is 0 Å². The molecule has 2 aromatic carbocycles. The van der Waals surface area contributed by atoms with Gasteiger partial charge in [0.2, 0.25) is 0 Å². The third kappa shape index (κ3) is 6.10. The molecule has 0 saturated carbocycles. The molecule has 3 amide bonds. The summed E-state index contributed by atoms with van der Waals surface area (Å²) in [6, 6.07) is 16.3. The van der Waals surface area contributed by atoms with Gasteiger partial charge in [0, 0.05) is 37.6 Å². The summed E-state index contributed by atoms with van der Waals surface area (Å²) in [5.74, 6) is -0.270. The molecule has 0 aliphatic carbocycles. The van der Waals surface area contributed by atoms with Crippen LogP contribution < -0.4 is 16.0 Å². The standard InChI is InChI=1S/C25H32N6O2/c1-18-6-4-5-15-31(18)17-20-11-9-19(10-12-20)16-28-25(33)27-14-13-26-24(32)23-21-7-2-3-8-22(21)29-30-23/h2-3,7-12,18H,4-6,13-17H2,1H3,(H,26,32)(H,29,30)(H2,27,28,33). The summed E-state index contributed by atoms with van der Waals surface area (Å²) >= 11 is 0. The number of urea groups is 1. The maximum atomic E-state index is 12.3. The Bertz CT molecular complexity index is 1080. The number of hydrogen-bond acceptors (Lipinski definition) is 4. The quantitative estimate of drug-likeness (QED) is 0.398. The number of nitrogens with zero attached hydrogens (tertiary/aromatic N) is 2. The van der Waals surface area contributed by atoms with Gasteiger partial charge in [0.25, 0.3) is 5.91 Å². The molecule has 0 bridgehead atoms. The predicted molar refractivity (Wildman–Crippen MR) is 129 cm³/mol. The Labute approximate surface area is 194 Å². The van der Waals surface area contributed by atoms with Gasteiger partial charge >= 0.3 is 6.03 Å². The predicted octanol–water partition coefficient (Wildman–Crippen LogP) is 3.17. The molecule has 1 saturated heterocycles. The number of aromatic nitrogens is 2.